The molecule has 0 aliphatic heterocycles. The van der Waals surface area contributed by atoms with E-state index in [1.165, 1.54) is 0 Å². The molecular formula is C10H7Cl2N5. The molecule has 0 saturated carbocycles. The summed E-state index contributed by atoms with van der Waals surface area (Å²) in [5.41, 5.74) is 0.363. The maximum Gasteiger partial charge on any atom is 0.225 e. The van der Waals surface area contributed by atoms with E-state index in [-0.39, 0.29) is 10.4 Å². The highest BCUT2D eigenvalue weighted by molar-refractivity contribution is 6.34. The van der Waals surface area contributed by atoms with Crippen molar-refractivity contribution in [2.45, 2.75) is 0 Å². The first-order valence-electron chi connectivity index (χ1n) is 4.62. The predicted molar refractivity (Wildman–Crippen MR) is 67.5 cm³/mol. The summed E-state index contributed by atoms with van der Waals surface area (Å²) in [6, 6.07) is 5.38. The third-order valence-electron chi connectivity index (χ3n) is 1.93. The Morgan fingerprint density at radius 3 is 2.71 bits per heavy atom. The molecule has 7 heteroatoms. The van der Waals surface area contributed by atoms with Crippen molar-refractivity contribution in [3.05, 3.63) is 40.4 Å². The third kappa shape index (κ3) is 2.69. The second-order valence-electron chi connectivity index (χ2n) is 3.03. The largest absolute Gasteiger partial charge is 0.324 e. The summed E-state index contributed by atoms with van der Waals surface area (Å²) in [5.74, 6) is 0.935. The molecule has 2 aromatic heterocycles. The topological polar surface area (TPSA) is 74.6 Å². The number of rotatable bonds is 3. The summed E-state index contributed by atoms with van der Waals surface area (Å²) in [5, 5.41) is 10.3. The van der Waals surface area contributed by atoms with Crippen molar-refractivity contribution >= 4 is 41.1 Å². The monoisotopic (exact) mass is 267 g/mol. The summed E-state index contributed by atoms with van der Waals surface area (Å²) < 4.78 is 0. The van der Waals surface area contributed by atoms with Crippen LogP contribution in [0.4, 0.5) is 11.6 Å². The van der Waals surface area contributed by atoms with Crippen LogP contribution in [0.25, 0.3) is 0 Å². The van der Waals surface area contributed by atoms with Gasteiger partial charge in [0.15, 0.2) is 0 Å². The Morgan fingerprint density at radius 1 is 1.24 bits per heavy atom. The van der Waals surface area contributed by atoms with E-state index in [0.717, 1.165) is 6.21 Å². The Morgan fingerprint density at radius 2 is 2.06 bits per heavy atom. The van der Waals surface area contributed by atoms with Crippen molar-refractivity contribution in [2.75, 3.05) is 5.32 Å². The molecule has 0 aliphatic rings. The van der Waals surface area contributed by atoms with Gasteiger partial charge in [0.05, 0.1) is 5.56 Å². The van der Waals surface area contributed by atoms with Crippen LogP contribution in [0.1, 0.15) is 5.56 Å². The molecule has 0 unspecified atom stereocenters. The van der Waals surface area contributed by atoms with E-state index in [1.54, 1.807) is 18.3 Å². The van der Waals surface area contributed by atoms with E-state index >= 15 is 0 Å². The molecule has 0 aliphatic carbocycles. The minimum Gasteiger partial charge on any atom is -0.324 e. The van der Waals surface area contributed by atoms with Gasteiger partial charge in [-0.3, -0.25) is 0 Å². The fourth-order valence-corrected chi connectivity index (χ4v) is 1.63. The lowest BCUT2D eigenvalue weighted by Gasteiger charge is -2.08. The van der Waals surface area contributed by atoms with E-state index in [2.05, 4.69) is 20.3 Å². The number of hydrogen-bond acceptors (Lipinski definition) is 5. The zero-order chi connectivity index (χ0) is 12.3. The van der Waals surface area contributed by atoms with Crippen molar-refractivity contribution in [3.8, 4) is 0 Å². The van der Waals surface area contributed by atoms with Crippen LogP contribution < -0.4 is 5.32 Å². The maximum absolute atomic E-state index is 7.27. The van der Waals surface area contributed by atoms with Gasteiger partial charge in [0.2, 0.25) is 5.28 Å². The van der Waals surface area contributed by atoms with Gasteiger partial charge in [-0.2, -0.15) is 4.98 Å². The van der Waals surface area contributed by atoms with Crippen molar-refractivity contribution < 1.29 is 0 Å². The van der Waals surface area contributed by atoms with Crippen molar-refractivity contribution in [1.29, 1.82) is 5.41 Å². The molecule has 2 aromatic rings. The molecule has 0 spiro atoms. The normalized spacial score (nSPS) is 10.0. The van der Waals surface area contributed by atoms with Crippen molar-refractivity contribution in [1.82, 2.24) is 15.0 Å². The Hall–Kier alpha value is -1.72. The molecule has 17 heavy (non-hydrogen) atoms. The molecule has 2 N–H and O–H groups in total. The van der Waals surface area contributed by atoms with Crippen LogP contribution in [-0.4, -0.2) is 21.2 Å². The van der Waals surface area contributed by atoms with Crippen LogP contribution in [-0.2, 0) is 0 Å². The first-order chi connectivity index (χ1) is 8.20. The molecule has 0 saturated heterocycles. The van der Waals surface area contributed by atoms with Gasteiger partial charge < -0.3 is 10.7 Å². The Balaban J connectivity index is 2.41. The molecular weight excluding hydrogens is 261 g/mol. The summed E-state index contributed by atoms with van der Waals surface area (Å²) in [4.78, 5) is 11.8. The number of nitrogens with one attached hydrogen (secondary N) is 2. The summed E-state index contributed by atoms with van der Waals surface area (Å²) in [6.07, 6.45) is 2.70. The minimum absolute atomic E-state index is 0.0130. The highest BCUT2D eigenvalue weighted by atomic mass is 35.5. The van der Waals surface area contributed by atoms with Crippen LogP contribution >= 0.6 is 23.2 Å². The zero-order valence-corrected chi connectivity index (χ0v) is 10.00. The maximum atomic E-state index is 7.27. The molecule has 0 fully saturated rings. The van der Waals surface area contributed by atoms with Crippen molar-refractivity contribution in [3.63, 3.8) is 0 Å². The van der Waals surface area contributed by atoms with Crippen LogP contribution in [0.3, 0.4) is 0 Å². The van der Waals surface area contributed by atoms with Gasteiger partial charge in [0.25, 0.3) is 0 Å². The molecule has 2 heterocycles. The Labute approximate surface area is 107 Å². The smallest absolute Gasteiger partial charge is 0.225 e. The van der Waals surface area contributed by atoms with Gasteiger partial charge in [-0.15, -0.1) is 0 Å². The molecule has 0 amide bonds. The van der Waals surface area contributed by atoms with Gasteiger partial charge in [-0.25, -0.2) is 9.97 Å². The summed E-state index contributed by atoms with van der Waals surface area (Å²) >= 11 is 11.6. The van der Waals surface area contributed by atoms with Gasteiger partial charge in [-0.1, -0.05) is 17.7 Å². The zero-order valence-electron chi connectivity index (χ0n) is 8.48. The van der Waals surface area contributed by atoms with E-state index in [1.807, 2.05) is 6.07 Å². The number of pyridine rings is 1. The SMILES string of the molecule is N=Cc1c(Cl)nc(Cl)nc1Nc1ccccn1. The fraction of sp³-hybridized carbons (Fsp3) is 0. The van der Waals surface area contributed by atoms with Crippen LogP contribution in [0.2, 0.25) is 10.4 Å². The summed E-state index contributed by atoms with van der Waals surface area (Å²) in [7, 11) is 0. The van der Waals surface area contributed by atoms with Crippen LogP contribution in [0.15, 0.2) is 24.4 Å². The minimum atomic E-state index is 0.0130. The molecule has 5 nitrogen and oxygen atoms in total. The number of hydrogen-bond donors (Lipinski definition) is 2. The van der Waals surface area contributed by atoms with Gasteiger partial charge in [0, 0.05) is 12.4 Å². The van der Waals surface area contributed by atoms with E-state index in [9.17, 15) is 0 Å². The molecule has 2 rings (SSSR count). The van der Waals surface area contributed by atoms with Gasteiger partial charge in [-0.05, 0) is 23.7 Å². The van der Waals surface area contributed by atoms with Crippen LogP contribution in [0.5, 0.6) is 0 Å². The second kappa shape index (κ2) is 5.07. The number of aromatic nitrogens is 3. The number of anilines is 2. The molecule has 0 atom stereocenters. The first kappa shape index (κ1) is 11.8. The van der Waals surface area contributed by atoms with Crippen LogP contribution in [0, 0.1) is 5.41 Å². The van der Waals surface area contributed by atoms with E-state index in [4.69, 9.17) is 28.6 Å². The molecule has 86 valence electrons. The molecule has 0 aromatic carbocycles. The fourth-order valence-electron chi connectivity index (χ4n) is 1.20. The highest BCUT2D eigenvalue weighted by Crippen LogP contribution is 2.23. The van der Waals surface area contributed by atoms with E-state index < -0.39 is 0 Å². The van der Waals surface area contributed by atoms with Gasteiger partial charge in [0.1, 0.15) is 16.8 Å². The van der Waals surface area contributed by atoms with Gasteiger partial charge >= 0.3 is 0 Å². The Bertz CT molecular complexity index is 544. The second-order valence-corrected chi connectivity index (χ2v) is 3.73. The standard InChI is InChI=1S/C10H7Cl2N5/c11-8-6(5-13)9(17-10(12)16-8)15-7-3-1-2-4-14-7/h1-5,13H,(H,14,15,16,17). The molecule has 0 radical (unpaired) electrons. The Kier molecular flexibility index (Phi) is 3.51. The lowest BCUT2D eigenvalue weighted by molar-refractivity contribution is 1.15. The third-order valence-corrected chi connectivity index (χ3v) is 2.38. The van der Waals surface area contributed by atoms with Crippen molar-refractivity contribution in [2.24, 2.45) is 0 Å². The van der Waals surface area contributed by atoms with E-state index in [0.29, 0.717) is 17.2 Å². The quantitative estimate of drug-likeness (QED) is 0.510. The number of halogens is 2. The lowest BCUT2D eigenvalue weighted by Crippen LogP contribution is -2.02. The average Bonchev–Trinajstić information content (AvgIpc) is 2.30. The molecule has 0 bridgehead atoms. The highest BCUT2D eigenvalue weighted by Gasteiger charge is 2.10. The summed E-state index contributed by atoms with van der Waals surface area (Å²) in [6.45, 7) is 0. The number of nitrogens with zero attached hydrogens (tertiary/aromatic N) is 3. The first-order valence-corrected chi connectivity index (χ1v) is 5.38. The predicted octanol–water partition coefficient (Wildman–Crippen LogP) is 2.92. The average molecular weight is 268 g/mol. The lowest BCUT2D eigenvalue weighted by atomic mass is 10.3.